The van der Waals surface area contributed by atoms with E-state index in [0.717, 1.165) is 5.56 Å². The van der Waals surface area contributed by atoms with Crippen LogP contribution in [0.1, 0.15) is 45.7 Å². The average molecular weight is 446 g/mol. The third-order valence-electron chi connectivity index (χ3n) is 4.32. The lowest BCUT2D eigenvalue weighted by Gasteiger charge is -2.20. The third kappa shape index (κ3) is 7.83. The Morgan fingerprint density at radius 2 is 1.74 bits per heavy atom. The molecule has 31 heavy (non-hydrogen) atoms. The Hall–Kier alpha value is -2.67. The van der Waals surface area contributed by atoms with E-state index in [2.05, 4.69) is 26.1 Å². The maximum atomic E-state index is 12.1. The highest BCUT2D eigenvalue weighted by Crippen LogP contribution is 2.38. The van der Waals surface area contributed by atoms with Crippen LogP contribution in [0.3, 0.4) is 0 Å². The van der Waals surface area contributed by atoms with Crippen molar-refractivity contribution in [3.05, 3.63) is 47.5 Å². The van der Waals surface area contributed by atoms with Gasteiger partial charge in [-0.3, -0.25) is 9.59 Å². The van der Waals surface area contributed by atoms with Crippen LogP contribution in [-0.2, 0) is 21.8 Å². The molecule has 0 atom stereocenters. The van der Waals surface area contributed by atoms with Crippen LogP contribution >= 0.6 is 11.8 Å². The second-order valence-corrected chi connectivity index (χ2v) is 10.3. The van der Waals surface area contributed by atoms with Gasteiger partial charge in [-0.25, -0.2) is 0 Å². The Morgan fingerprint density at radius 3 is 2.32 bits per heavy atom. The van der Waals surface area contributed by atoms with E-state index in [9.17, 15) is 9.59 Å². The molecule has 2 rings (SSSR count). The Balaban J connectivity index is 2.39. The van der Waals surface area contributed by atoms with E-state index in [0.29, 0.717) is 34.3 Å². The molecule has 2 aromatic rings. The lowest BCUT2D eigenvalue weighted by molar-refractivity contribution is -0.136. The molecular formula is C24H31NO5S. The summed E-state index contributed by atoms with van der Waals surface area (Å²) in [5, 5.41) is 12.0. The monoisotopic (exact) mass is 445 g/mol. The molecule has 1 amide bonds. The number of carbonyl (C=O) groups is 2. The first-order chi connectivity index (χ1) is 14.5. The van der Waals surface area contributed by atoms with Crippen LogP contribution in [0.25, 0.3) is 0 Å². The molecule has 0 saturated heterocycles. The van der Waals surface area contributed by atoms with E-state index < -0.39 is 5.97 Å². The summed E-state index contributed by atoms with van der Waals surface area (Å²) in [5.41, 5.74) is 2.25. The zero-order chi connectivity index (χ0) is 23.2. The van der Waals surface area contributed by atoms with Gasteiger partial charge in [0.2, 0.25) is 5.91 Å². The molecule has 0 aliphatic heterocycles. The lowest BCUT2D eigenvalue weighted by Crippen LogP contribution is -2.17. The standard InChI is InChI=1S/C24H31NO5S/c1-15(2)23(28)25-18-8-10-19(17(13-18)14-31-24(3,4)5)30-21-11-16(12-22(26)27)7-9-20(21)29-6/h7-11,13,15H,12,14H2,1-6H3,(H,25,28)(H,26,27). The zero-order valence-corrected chi connectivity index (χ0v) is 19.8. The van der Waals surface area contributed by atoms with E-state index in [4.69, 9.17) is 14.6 Å². The molecule has 0 unspecified atom stereocenters. The van der Waals surface area contributed by atoms with Gasteiger partial charge in [0.1, 0.15) is 5.75 Å². The van der Waals surface area contributed by atoms with Gasteiger partial charge in [0.05, 0.1) is 13.5 Å². The molecule has 2 N–H and O–H groups in total. The van der Waals surface area contributed by atoms with Gasteiger partial charge in [-0.05, 0) is 35.9 Å². The van der Waals surface area contributed by atoms with E-state index in [1.54, 1.807) is 43.1 Å². The first-order valence-corrected chi connectivity index (χ1v) is 11.1. The number of amides is 1. The van der Waals surface area contributed by atoms with Crippen LogP contribution in [0.2, 0.25) is 0 Å². The predicted molar refractivity (Wildman–Crippen MR) is 125 cm³/mol. The topological polar surface area (TPSA) is 84.9 Å². The minimum Gasteiger partial charge on any atom is -0.493 e. The molecule has 0 aliphatic rings. The Kier molecular flexibility index (Phi) is 8.39. The van der Waals surface area contributed by atoms with Gasteiger partial charge >= 0.3 is 5.97 Å². The number of carbonyl (C=O) groups excluding carboxylic acids is 1. The molecular weight excluding hydrogens is 414 g/mol. The van der Waals surface area contributed by atoms with Crippen molar-refractivity contribution >= 4 is 29.3 Å². The van der Waals surface area contributed by atoms with Crippen molar-refractivity contribution in [2.24, 2.45) is 5.92 Å². The molecule has 0 radical (unpaired) electrons. The summed E-state index contributed by atoms with van der Waals surface area (Å²) in [5.74, 6) is 1.19. The number of nitrogens with one attached hydrogen (secondary N) is 1. The first kappa shape index (κ1) is 24.6. The van der Waals surface area contributed by atoms with Crippen molar-refractivity contribution in [2.45, 2.75) is 51.5 Å². The Bertz CT molecular complexity index is 934. The predicted octanol–water partition coefficient (Wildman–Crippen LogP) is 5.74. The largest absolute Gasteiger partial charge is 0.493 e. The summed E-state index contributed by atoms with van der Waals surface area (Å²) < 4.78 is 11.6. The number of rotatable bonds is 9. The van der Waals surface area contributed by atoms with Crippen molar-refractivity contribution < 1.29 is 24.2 Å². The van der Waals surface area contributed by atoms with E-state index in [1.165, 1.54) is 0 Å². The fraction of sp³-hybridized carbons (Fsp3) is 0.417. The summed E-state index contributed by atoms with van der Waals surface area (Å²) in [6.07, 6.45) is -0.104. The van der Waals surface area contributed by atoms with Crippen molar-refractivity contribution in [3.63, 3.8) is 0 Å². The van der Waals surface area contributed by atoms with Crippen molar-refractivity contribution in [2.75, 3.05) is 12.4 Å². The van der Waals surface area contributed by atoms with Crippen LogP contribution in [0.5, 0.6) is 17.2 Å². The second kappa shape index (κ2) is 10.6. The van der Waals surface area contributed by atoms with Crippen molar-refractivity contribution in [1.29, 1.82) is 0 Å². The quantitative estimate of drug-likeness (QED) is 0.512. The highest BCUT2D eigenvalue weighted by molar-refractivity contribution is 7.99. The fourth-order valence-corrected chi connectivity index (χ4v) is 3.47. The fourth-order valence-electron chi connectivity index (χ4n) is 2.65. The van der Waals surface area contributed by atoms with Crippen LogP contribution in [-0.4, -0.2) is 28.8 Å². The molecule has 0 fully saturated rings. The minimum absolute atomic E-state index is 0.0492. The smallest absolute Gasteiger partial charge is 0.307 e. The number of benzene rings is 2. The molecule has 168 valence electrons. The molecule has 0 aliphatic carbocycles. The minimum atomic E-state index is -0.913. The molecule has 0 heterocycles. The van der Waals surface area contributed by atoms with Gasteiger partial charge in [-0.15, -0.1) is 0 Å². The summed E-state index contributed by atoms with van der Waals surface area (Å²) >= 11 is 1.77. The van der Waals surface area contributed by atoms with E-state index >= 15 is 0 Å². The highest BCUT2D eigenvalue weighted by Gasteiger charge is 2.17. The normalized spacial score (nSPS) is 11.3. The third-order valence-corrected chi connectivity index (χ3v) is 5.64. The molecule has 0 aromatic heterocycles. The van der Waals surface area contributed by atoms with Gasteiger partial charge in [-0.2, -0.15) is 11.8 Å². The number of anilines is 1. The number of ether oxygens (including phenoxy) is 2. The van der Waals surface area contributed by atoms with Crippen LogP contribution in [0.15, 0.2) is 36.4 Å². The molecule has 2 aromatic carbocycles. The molecule has 6 nitrogen and oxygen atoms in total. The number of thioether (sulfide) groups is 1. The maximum absolute atomic E-state index is 12.1. The Morgan fingerprint density at radius 1 is 1.06 bits per heavy atom. The summed E-state index contributed by atoms with van der Waals surface area (Å²) in [4.78, 5) is 23.2. The van der Waals surface area contributed by atoms with Crippen molar-refractivity contribution in [3.8, 4) is 17.2 Å². The van der Waals surface area contributed by atoms with Crippen LogP contribution in [0.4, 0.5) is 5.69 Å². The Labute approximate surface area is 188 Å². The van der Waals surface area contributed by atoms with Crippen LogP contribution in [0, 0.1) is 5.92 Å². The molecule has 0 bridgehead atoms. The summed E-state index contributed by atoms with van der Waals surface area (Å²) in [6.45, 7) is 10.1. The maximum Gasteiger partial charge on any atom is 0.307 e. The van der Waals surface area contributed by atoms with E-state index in [1.807, 2.05) is 26.0 Å². The number of carboxylic acid groups (broad SMARTS) is 1. The highest BCUT2D eigenvalue weighted by atomic mass is 32.2. The van der Waals surface area contributed by atoms with Gasteiger partial charge in [0.25, 0.3) is 0 Å². The van der Waals surface area contributed by atoms with Crippen LogP contribution < -0.4 is 14.8 Å². The second-order valence-electron chi connectivity index (χ2n) is 8.53. The zero-order valence-electron chi connectivity index (χ0n) is 18.9. The summed E-state index contributed by atoms with van der Waals surface area (Å²) in [7, 11) is 1.54. The SMILES string of the molecule is COc1ccc(CC(=O)O)cc1Oc1ccc(NC(=O)C(C)C)cc1CSC(C)(C)C. The average Bonchev–Trinajstić information content (AvgIpc) is 2.67. The van der Waals surface area contributed by atoms with Gasteiger partial charge in [-0.1, -0.05) is 40.7 Å². The van der Waals surface area contributed by atoms with Gasteiger partial charge < -0.3 is 19.9 Å². The van der Waals surface area contributed by atoms with Gasteiger partial charge in [0, 0.05) is 27.7 Å². The molecule has 7 heteroatoms. The van der Waals surface area contributed by atoms with Gasteiger partial charge in [0.15, 0.2) is 11.5 Å². The summed E-state index contributed by atoms with van der Waals surface area (Å²) in [6, 6.07) is 10.6. The number of hydrogen-bond donors (Lipinski definition) is 2. The lowest BCUT2D eigenvalue weighted by atomic mass is 10.1. The van der Waals surface area contributed by atoms with E-state index in [-0.39, 0.29) is 23.0 Å². The number of carboxylic acids is 1. The van der Waals surface area contributed by atoms with Crippen molar-refractivity contribution in [1.82, 2.24) is 0 Å². The molecule has 0 saturated carbocycles. The first-order valence-electron chi connectivity index (χ1n) is 10.1. The number of methoxy groups -OCH3 is 1. The number of hydrogen-bond acceptors (Lipinski definition) is 5. The molecule has 0 spiro atoms. The number of aliphatic carboxylic acids is 1.